The number of nitrogens with zero attached hydrogens (tertiary/aromatic N) is 1. The van der Waals surface area contributed by atoms with Crippen LogP contribution in [0.5, 0.6) is 0 Å². The molecule has 0 unspecified atom stereocenters. The first-order valence-electron chi connectivity index (χ1n) is 5.96. The highest BCUT2D eigenvalue weighted by Gasteiger charge is 2.35. The molecular formula is C12H14ClF3N2O3S. The molecule has 1 atom stereocenters. The molecule has 0 aliphatic carbocycles. The second-order valence-corrected chi connectivity index (χ2v) is 6.84. The van der Waals surface area contributed by atoms with Crippen LogP contribution in [0.1, 0.15) is 12.5 Å². The molecule has 22 heavy (non-hydrogen) atoms. The van der Waals surface area contributed by atoms with Crippen LogP contribution in [-0.2, 0) is 21.0 Å². The number of benzene rings is 1. The number of halogens is 4. The number of carbonyl (C=O) groups is 1. The lowest BCUT2D eigenvalue weighted by Crippen LogP contribution is -2.44. The third kappa shape index (κ3) is 4.34. The van der Waals surface area contributed by atoms with Gasteiger partial charge in [0.2, 0.25) is 15.9 Å². The summed E-state index contributed by atoms with van der Waals surface area (Å²) in [6.45, 7) is 1.29. The summed E-state index contributed by atoms with van der Waals surface area (Å²) >= 11 is 5.43. The van der Waals surface area contributed by atoms with E-state index in [4.69, 9.17) is 11.6 Å². The maximum absolute atomic E-state index is 12.8. The molecule has 5 nitrogen and oxygen atoms in total. The molecule has 1 N–H and O–H groups in total. The zero-order valence-electron chi connectivity index (χ0n) is 11.9. The molecule has 1 aromatic rings. The zero-order chi connectivity index (χ0) is 17.3. The van der Waals surface area contributed by atoms with Gasteiger partial charge < -0.3 is 4.90 Å². The second-order valence-electron chi connectivity index (χ2n) is 4.72. The van der Waals surface area contributed by atoms with Crippen molar-refractivity contribution in [2.24, 2.45) is 0 Å². The molecule has 0 fully saturated rings. The molecule has 1 rings (SSSR count). The highest BCUT2D eigenvalue weighted by molar-refractivity contribution is 7.89. The maximum Gasteiger partial charge on any atom is 0.417 e. The van der Waals surface area contributed by atoms with Gasteiger partial charge >= 0.3 is 6.18 Å². The lowest BCUT2D eigenvalue weighted by atomic mass is 10.2. The Morgan fingerprint density at radius 2 is 1.86 bits per heavy atom. The summed E-state index contributed by atoms with van der Waals surface area (Å²) in [6, 6.07) is 1.09. The standard InChI is InChI=1S/C12H14ClF3N2O3S/c1-7(11(19)18(2)3)17-22(20,21)8-4-5-10(13)9(6-8)12(14,15)16/h4-7,17H,1-3H3/t7-/m1/s1. The average molecular weight is 359 g/mol. The molecule has 0 radical (unpaired) electrons. The van der Waals surface area contributed by atoms with Crippen molar-refractivity contribution in [1.29, 1.82) is 0 Å². The molecular weight excluding hydrogens is 345 g/mol. The van der Waals surface area contributed by atoms with Gasteiger partial charge in [0.25, 0.3) is 0 Å². The number of sulfonamides is 1. The van der Waals surface area contributed by atoms with Gasteiger partial charge in [-0.05, 0) is 25.1 Å². The quantitative estimate of drug-likeness (QED) is 0.896. The molecule has 1 aromatic carbocycles. The van der Waals surface area contributed by atoms with Gasteiger partial charge in [0.05, 0.1) is 21.5 Å². The Kier molecular flexibility index (Phi) is 5.47. The first-order chi connectivity index (χ1) is 9.86. The summed E-state index contributed by atoms with van der Waals surface area (Å²) < 4.78 is 64.4. The van der Waals surface area contributed by atoms with E-state index in [0.29, 0.717) is 6.07 Å². The van der Waals surface area contributed by atoms with Gasteiger partial charge in [-0.3, -0.25) is 4.79 Å². The van der Waals surface area contributed by atoms with Crippen LogP contribution < -0.4 is 4.72 Å². The predicted molar refractivity (Wildman–Crippen MR) is 74.9 cm³/mol. The number of nitrogens with one attached hydrogen (secondary N) is 1. The normalized spacial score (nSPS) is 13.8. The van der Waals surface area contributed by atoms with Gasteiger partial charge in [-0.2, -0.15) is 17.9 Å². The number of likely N-dealkylation sites (N-methyl/N-ethyl adjacent to an activating group) is 1. The molecule has 0 aromatic heterocycles. The van der Waals surface area contributed by atoms with Crippen LogP contribution in [0.3, 0.4) is 0 Å². The van der Waals surface area contributed by atoms with Crippen LogP contribution in [0.4, 0.5) is 13.2 Å². The van der Waals surface area contributed by atoms with Crippen molar-refractivity contribution in [3.63, 3.8) is 0 Å². The lowest BCUT2D eigenvalue weighted by Gasteiger charge is -2.18. The maximum atomic E-state index is 12.8. The minimum atomic E-state index is -4.78. The summed E-state index contributed by atoms with van der Waals surface area (Å²) in [6.07, 6.45) is -4.78. The van der Waals surface area contributed by atoms with E-state index in [0.717, 1.165) is 17.0 Å². The Morgan fingerprint density at radius 3 is 2.32 bits per heavy atom. The molecule has 124 valence electrons. The molecule has 10 heteroatoms. The van der Waals surface area contributed by atoms with E-state index in [1.165, 1.54) is 21.0 Å². The summed E-state index contributed by atoms with van der Waals surface area (Å²) in [5.41, 5.74) is -1.26. The van der Waals surface area contributed by atoms with Crippen LogP contribution in [0.25, 0.3) is 0 Å². The number of hydrogen-bond acceptors (Lipinski definition) is 3. The van der Waals surface area contributed by atoms with Crippen molar-refractivity contribution in [2.45, 2.75) is 24.0 Å². The molecule has 0 heterocycles. The molecule has 1 amide bonds. The first kappa shape index (κ1) is 18.7. The number of rotatable bonds is 4. The Hall–Kier alpha value is -1.32. The van der Waals surface area contributed by atoms with Crippen molar-refractivity contribution < 1.29 is 26.4 Å². The first-order valence-corrected chi connectivity index (χ1v) is 7.82. The molecule has 0 spiro atoms. The Bertz CT molecular complexity index is 675. The number of alkyl halides is 3. The van der Waals surface area contributed by atoms with Crippen LogP contribution in [0.2, 0.25) is 5.02 Å². The van der Waals surface area contributed by atoms with Crippen LogP contribution in [0, 0.1) is 0 Å². The van der Waals surface area contributed by atoms with E-state index in [-0.39, 0.29) is 0 Å². The van der Waals surface area contributed by atoms with Gasteiger partial charge in [-0.25, -0.2) is 8.42 Å². The largest absolute Gasteiger partial charge is 0.417 e. The fourth-order valence-corrected chi connectivity index (χ4v) is 3.07. The van der Waals surface area contributed by atoms with Gasteiger partial charge in [0, 0.05) is 14.1 Å². The van der Waals surface area contributed by atoms with Gasteiger partial charge in [0.15, 0.2) is 0 Å². The summed E-state index contributed by atoms with van der Waals surface area (Å²) in [7, 11) is -1.44. The minimum absolute atomic E-state index is 0.428. The van der Waals surface area contributed by atoms with E-state index in [9.17, 15) is 26.4 Å². The van der Waals surface area contributed by atoms with Crippen molar-refractivity contribution >= 4 is 27.5 Å². The highest BCUT2D eigenvalue weighted by Crippen LogP contribution is 2.35. The zero-order valence-corrected chi connectivity index (χ0v) is 13.5. The van der Waals surface area contributed by atoms with Crippen LogP contribution in [0.15, 0.2) is 23.1 Å². The van der Waals surface area contributed by atoms with Crippen LogP contribution in [-0.4, -0.2) is 39.4 Å². The van der Waals surface area contributed by atoms with E-state index in [1.807, 2.05) is 4.72 Å². The monoisotopic (exact) mass is 358 g/mol. The lowest BCUT2D eigenvalue weighted by molar-refractivity contribution is -0.137. The second kappa shape index (κ2) is 6.43. The average Bonchev–Trinajstić information content (AvgIpc) is 2.35. The van der Waals surface area contributed by atoms with E-state index >= 15 is 0 Å². The van der Waals surface area contributed by atoms with E-state index in [2.05, 4.69) is 0 Å². The Balaban J connectivity index is 3.17. The SMILES string of the molecule is C[C@@H](NS(=O)(=O)c1ccc(Cl)c(C(F)(F)F)c1)C(=O)N(C)C. The summed E-state index contributed by atoms with van der Waals surface area (Å²) in [5, 5.41) is -0.608. The Labute approximate surface area is 131 Å². The number of carbonyl (C=O) groups excluding carboxylic acids is 1. The van der Waals surface area contributed by atoms with Crippen molar-refractivity contribution in [1.82, 2.24) is 9.62 Å². The van der Waals surface area contributed by atoms with Crippen LogP contribution >= 0.6 is 11.6 Å². The molecule has 0 aliphatic heterocycles. The number of hydrogen-bond donors (Lipinski definition) is 1. The van der Waals surface area contributed by atoms with Gasteiger partial charge in [0.1, 0.15) is 0 Å². The third-order valence-corrected chi connectivity index (χ3v) is 4.56. The highest BCUT2D eigenvalue weighted by atomic mass is 35.5. The van der Waals surface area contributed by atoms with Crippen molar-refractivity contribution in [3.8, 4) is 0 Å². The summed E-state index contributed by atoms with van der Waals surface area (Å²) in [5.74, 6) is -0.534. The topological polar surface area (TPSA) is 66.5 Å². The van der Waals surface area contributed by atoms with E-state index < -0.39 is 43.6 Å². The molecule has 0 bridgehead atoms. The minimum Gasteiger partial charge on any atom is -0.347 e. The molecule has 0 aliphatic rings. The van der Waals surface area contributed by atoms with Crippen molar-refractivity contribution in [2.75, 3.05) is 14.1 Å². The third-order valence-electron chi connectivity index (χ3n) is 2.70. The summed E-state index contributed by atoms with van der Waals surface area (Å²) in [4.78, 5) is 12.2. The predicted octanol–water partition coefficient (Wildman–Crippen LogP) is 2.11. The Morgan fingerprint density at radius 1 is 1.32 bits per heavy atom. The fourth-order valence-electron chi connectivity index (χ4n) is 1.63. The molecule has 0 saturated carbocycles. The number of amides is 1. The fraction of sp³-hybridized carbons (Fsp3) is 0.417. The smallest absolute Gasteiger partial charge is 0.347 e. The molecule has 0 saturated heterocycles. The van der Waals surface area contributed by atoms with E-state index in [1.54, 1.807) is 0 Å². The van der Waals surface area contributed by atoms with Gasteiger partial charge in [-0.15, -0.1) is 0 Å². The van der Waals surface area contributed by atoms with Gasteiger partial charge in [-0.1, -0.05) is 11.6 Å². The van der Waals surface area contributed by atoms with Crippen molar-refractivity contribution in [3.05, 3.63) is 28.8 Å².